The molecule has 0 fully saturated rings. The molecule has 2 aliphatic rings. The lowest BCUT2D eigenvalue weighted by Gasteiger charge is -2.39. The molecular formula is C46H28BN2OS. The van der Waals surface area contributed by atoms with Crippen LogP contribution in [0.3, 0.4) is 0 Å². The van der Waals surface area contributed by atoms with Crippen molar-refractivity contribution in [1.29, 1.82) is 0 Å². The number of hydrogen-bond donors (Lipinski definition) is 1. The molecule has 9 aromatic rings. The molecule has 0 saturated heterocycles. The van der Waals surface area contributed by atoms with E-state index in [1.54, 1.807) is 0 Å². The number of hydrogen-bond acceptors (Lipinski definition) is 4. The van der Waals surface area contributed by atoms with E-state index in [-0.39, 0.29) is 0 Å². The molecule has 0 amide bonds. The van der Waals surface area contributed by atoms with Crippen LogP contribution in [0.2, 0.25) is 0 Å². The number of nitrogens with zero attached hydrogens (tertiary/aromatic N) is 1. The van der Waals surface area contributed by atoms with Crippen LogP contribution >= 0.6 is 11.3 Å². The van der Waals surface area contributed by atoms with Crippen molar-refractivity contribution in [3.63, 3.8) is 0 Å². The van der Waals surface area contributed by atoms with Crippen molar-refractivity contribution in [2.24, 2.45) is 0 Å². The van der Waals surface area contributed by atoms with Gasteiger partial charge in [0.05, 0.1) is 21.8 Å². The SMILES string of the molecule is [B]1c2cccc3c2N(c2ccccc2O3)c2c1c(-c1cc3ccccc3cc1Nc1ccc(-c3ccccc3)cc1)cc1c2sc2ccccc21. The molecule has 1 radical (unpaired) electrons. The molecule has 51 heavy (non-hydrogen) atoms. The minimum Gasteiger partial charge on any atom is -0.453 e. The molecule has 0 bridgehead atoms. The van der Waals surface area contributed by atoms with E-state index in [0.717, 1.165) is 45.3 Å². The van der Waals surface area contributed by atoms with Gasteiger partial charge in [0.25, 0.3) is 0 Å². The summed E-state index contributed by atoms with van der Waals surface area (Å²) in [7, 11) is 2.37. The van der Waals surface area contributed by atoms with Crippen LogP contribution < -0.4 is 25.9 Å². The lowest BCUT2D eigenvalue weighted by atomic mass is 9.58. The Hall–Kier alpha value is -6.30. The third kappa shape index (κ3) is 4.45. The molecule has 0 aliphatic carbocycles. The Kier molecular flexibility index (Phi) is 6.22. The summed E-state index contributed by atoms with van der Waals surface area (Å²) in [4.78, 5) is 2.45. The predicted molar refractivity (Wildman–Crippen MR) is 217 cm³/mol. The normalized spacial score (nSPS) is 12.6. The average molecular weight is 668 g/mol. The maximum atomic E-state index is 6.53. The van der Waals surface area contributed by atoms with Gasteiger partial charge in [0.15, 0.2) is 18.8 Å². The zero-order valence-corrected chi connectivity index (χ0v) is 28.2. The van der Waals surface area contributed by atoms with Gasteiger partial charge in [-0.1, -0.05) is 115 Å². The summed E-state index contributed by atoms with van der Waals surface area (Å²) < 4.78 is 9.08. The molecule has 1 N–H and O–H groups in total. The first-order valence-electron chi connectivity index (χ1n) is 17.3. The van der Waals surface area contributed by atoms with E-state index in [1.807, 2.05) is 11.3 Å². The number of benzene rings is 8. The number of para-hydroxylation sites is 3. The van der Waals surface area contributed by atoms with Gasteiger partial charge in [-0.2, -0.15) is 0 Å². The van der Waals surface area contributed by atoms with E-state index in [9.17, 15) is 0 Å². The Morgan fingerprint density at radius 2 is 1.27 bits per heavy atom. The van der Waals surface area contributed by atoms with Crippen molar-refractivity contribution >= 4 is 88.9 Å². The molecule has 11 rings (SSSR count). The summed E-state index contributed by atoms with van der Waals surface area (Å²) in [5.74, 6) is 1.74. The fraction of sp³-hybridized carbons (Fsp3) is 0. The molecule has 3 nitrogen and oxygen atoms in total. The lowest BCUT2D eigenvalue weighted by molar-refractivity contribution is 0.477. The van der Waals surface area contributed by atoms with Gasteiger partial charge in [-0.25, -0.2) is 0 Å². The molecule has 1 aromatic heterocycles. The van der Waals surface area contributed by atoms with Crippen LogP contribution in [-0.2, 0) is 0 Å². The first-order chi connectivity index (χ1) is 25.3. The van der Waals surface area contributed by atoms with E-state index in [2.05, 4.69) is 181 Å². The number of nitrogens with one attached hydrogen (secondary N) is 1. The maximum Gasteiger partial charge on any atom is 0.198 e. The number of thiophene rings is 1. The molecule has 3 heterocycles. The third-order valence-electron chi connectivity index (χ3n) is 10.2. The smallest absolute Gasteiger partial charge is 0.198 e. The summed E-state index contributed by atoms with van der Waals surface area (Å²) in [5.41, 5.74) is 12.6. The quantitative estimate of drug-likeness (QED) is 0.189. The van der Waals surface area contributed by atoms with Gasteiger partial charge < -0.3 is 15.0 Å². The Bertz CT molecular complexity index is 2840. The largest absolute Gasteiger partial charge is 0.453 e. The van der Waals surface area contributed by atoms with Crippen LogP contribution in [0.1, 0.15) is 0 Å². The van der Waals surface area contributed by atoms with Gasteiger partial charge in [-0.3, -0.25) is 0 Å². The van der Waals surface area contributed by atoms with Gasteiger partial charge in [0.2, 0.25) is 0 Å². The fourth-order valence-electron chi connectivity index (χ4n) is 7.88. The number of ether oxygens (including phenoxy) is 1. The molecule has 0 spiro atoms. The lowest BCUT2D eigenvalue weighted by Crippen LogP contribution is -2.42. The monoisotopic (exact) mass is 667 g/mol. The van der Waals surface area contributed by atoms with Crippen LogP contribution in [0, 0.1) is 0 Å². The highest BCUT2D eigenvalue weighted by atomic mass is 32.1. The Morgan fingerprint density at radius 1 is 0.549 bits per heavy atom. The summed E-state index contributed by atoms with van der Waals surface area (Å²) in [6, 6.07) is 58.6. The standard InChI is InChI=1S/C46H28BN2OS/c1-2-11-28(12-3-1)29-21-23-32(24-22-29)48-38-26-31-14-5-4-13-30(31)25-34(38)35-27-36-33-15-6-9-20-42(33)51-46(36)45-43(35)47-37-16-10-19-41-44(37)49(45)39-17-7-8-18-40(39)50-41/h1-27,48H. The van der Waals surface area contributed by atoms with Crippen molar-refractivity contribution in [3.8, 4) is 33.8 Å². The first kappa shape index (κ1) is 28.5. The minimum absolute atomic E-state index is 0.863. The highest BCUT2D eigenvalue weighted by Crippen LogP contribution is 2.54. The molecular weight excluding hydrogens is 639 g/mol. The summed E-state index contributed by atoms with van der Waals surface area (Å²) in [6.07, 6.45) is 0. The summed E-state index contributed by atoms with van der Waals surface area (Å²) in [5, 5.41) is 8.79. The second-order valence-corrected chi connectivity index (χ2v) is 14.3. The van der Waals surface area contributed by atoms with Crippen LogP contribution in [0.25, 0.3) is 53.2 Å². The zero-order chi connectivity index (χ0) is 33.5. The van der Waals surface area contributed by atoms with E-state index in [1.165, 1.54) is 58.8 Å². The van der Waals surface area contributed by atoms with E-state index >= 15 is 0 Å². The van der Waals surface area contributed by atoms with Gasteiger partial charge in [0.1, 0.15) is 0 Å². The van der Waals surface area contributed by atoms with Crippen molar-refractivity contribution in [1.82, 2.24) is 0 Å². The average Bonchev–Trinajstić information content (AvgIpc) is 3.56. The predicted octanol–water partition coefficient (Wildman–Crippen LogP) is 11.8. The van der Waals surface area contributed by atoms with Crippen LogP contribution in [-0.4, -0.2) is 7.28 Å². The van der Waals surface area contributed by atoms with Crippen molar-refractivity contribution in [3.05, 3.63) is 164 Å². The van der Waals surface area contributed by atoms with Crippen LogP contribution in [0.4, 0.5) is 28.4 Å². The number of fused-ring (bicyclic) bond motifs is 9. The molecule has 2 aliphatic heterocycles. The minimum atomic E-state index is 0.863. The molecule has 237 valence electrons. The fourth-order valence-corrected chi connectivity index (χ4v) is 9.11. The van der Waals surface area contributed by atoms with Gasteiger partial charge in [-0.05, 0) is 87.5 Å². The molecule has 8 aromatic carbocycles. The van der Waals surface area contributed by atoms with Crippen LogP contribution in [0.15, 0.2) is 164 Å². The van der Waals surface area contributed by atoms with E-state index < -0.39 is 0 Å². The molecule has 5 heteroatoms. The van der Waals surface area contributed by atoms with Gasteiger partial charge in [0, 0.05) is 32.4 Å². The molecule has 0 atom stereocenters. The Balaban J connectivity index is 1.18. The van der Waals surface area contributed by atoms with Gasteiger partial charge in [-0.15, -0.1) is 11.3 Å². The summed E-state index contributed by atoms with van der Waals surface area (Å²) in [6.45, 7) is 0. The van der Waals surface area contributed by atoms with Gasteiger partial charge >= 0.3 is 0 Å². The van der Waals surface area contributed by atoms with E-state index in [4.69, 9.17) is 4.74 Å². The summed E-state index contributed by atoms with van der Waals surface area (Å²) >= 11 is 1.87. The van der Waals surface area contributed by atoms with Crippen LogP contribution in [0.5, 0.6) is 11.5 Å². The maximum absolute atomic E-state index is 6.53. The van der Waals surface area contributed by atoms with Crippen molar-refractivity contribution < 1.29 is 4.74 Å². The Labute approximate surface area is 300 Å². The highest BCUT2D eigenvalue weighted by molar-refractivity contribution is 7.26. The topological polar surface area (TPSA) is 24.5 Å². The number of rotatable bonds is 4. The van der Waals surface area contributed by atoms with Crippen molar-refractivity contribution in [2.75, 3.05) is 10.2 Å². The van der Waals surface area contributed by atoms with Crippen molar-refractivity contribution in [2.45, 2.75) is 0 Å². The Morgan fingerprint density at radius 3 is 2.16 bits per heavy atom. The first-order valence-corrected chi connectivity index (χ1v) is 18.1. The van der Waals surface area contributed by atoms with E-state index in [0.29, 0.717) is 0 Å². The molecule has 0 saturated carbocycles. The third-order valence-corrected chi connectivity index (χ3v) is 11.4. The highest BCUT2D eigenvalue weighted by Gasteiger charge is 2.36. The molecule has 0 unspecified atom stereocenters. The second kappa shape index (κ2) is 11.1. The second-order valence-electron chi connectivity index (χ2n) is 13.2. The zero-order valence-electron chi connectivity index (χ0n) is 27.4. The number of anilines is 5.